The molecule has 1 amide bonds. The third-order valence-corrected chi connectivity index (χ3v) is 3.09. The summed E-state index contributed by atoms with van der Waals surface area (Å²) in [5.41, 5.74) is 3.48. The zero-order chi connectivity index (χ0) is 14.5. The van der Waals surface area contributed by atoms with Crippen molar-refractivity contribution in [1.82, 2.24) is 15.2 Å². The standard InChI is InChI=1S/C13H13BrN4O2/c1-18-8-10(14)12(17-18)13(19)16-15-7-9-5-3-4-6-11(9)20-2/h3-8H,1-2H3,(H,16,19)/b15-7-. The van der Waals surface area contributed by atoms with Crippen LogP contribution < -0.4 is 10.2 Å². The Hall–Kier alpha value is -2.15. The molecule has 1 heterocycles. The Labute approximate surface area is 124 Å². The molecular formula is C13H13BrN4O2. The fourth-order valence-electron chi connectivity index (χ4n) is 1.60. The van der Waals surface area contributed by atoms with Gasteiger partial charge in [-0.3, -0.25) is 9.48 Å². The number of aryl methyl sites for hydroxylation is 1. The Morgan fingerprint density at radius 2 is 2.25 bits per heavy atom. The van der Waals surface area contributed by atoms with Crippen LogP contribution in [0.25, 0.3) is 0 Å². The molecule has 0 radical (unpaired) electrons. The number of benzene rings is 1. The minimum atomic E-state index is -0.386. The highest BCUT2D eigenvalue weighted by Gasteiger charge is 2.13. The van der Waals surface area contributed by atoms with E-state index in [1.54, 1.807) is 25.0 Å². The van der Waals surface area contributed by atoms with Crippen molar-refractivity contribution in [3.8, 4) is 5.75 Å². The fraction of sp³-hybridized carbons (Fsp3) is 0.154. The third-order valence-electron chi connectivity index (χ3n) is 2.51. The Balaban J connectivity index is 2.06. The summed E-state index contributed by atoms with van der Waals surface area (Å²) in [7, 11) is 3.32. The molecule has 0 saturated carbocycles. The van der Waals surface area contributed by atoms with E-state index in [1.807, 2.05) is 24.3 Å². The number of hydrogen-bond donors (Lipinski definition) is 1. The average molecular weight is 337 g/mol. The van der Waals surface area contributed by atoms with Crippen LogP contribution in [0.5, 0.6) is 5.75 Å². The number of rotatable bonds is 4. The van der Waals surface area contributed by atoms with E-state index in [9.17, 15) is 4.79 Å². The van der Waals surface area contributed by atoms with E-state index < -0.39 is 0 Å². The van der Waals surface area contributed by atoms with Gasteiger partial charge in [0.25, 0.3) is 5.91 Å². The zero-order valence-electron chi connectivity index (χ0n) is 11.0. The highest BCUT2D eigenvalue weighted by atomic mass is 79.9. The van der Waals surface area contributed by atoms with Gasteiger partial charge in [-0.15, -0.1) is 0 Å². The number of ether oxygens (including phenoxy) is 1. The van der Waals surface area contributed by atoms with Crippen LogP contribution in [0.3, 0.4) is 0 Å². The second kappa shape index (κ2) is 6.33. The molecule has 0 atom stereocenters. The van der Waals surface area contributed by atoms with Crippen LogP contribution in [0.2, 0.25) is 0 Å². The molecule has 1 N–H and O–H groups in total. The molecule has 7 heteroatoms. The van der Waals surface area contributed by atoms with E-state index in [1.165, 1.54) is 6.21 Å². The summed E-state index contributed by atoms with van der Waals surface area (Å²) in [6, 6.07) is 7.38. The lowest BCUT2D eigenvalue weighted by molar-refractivity contribution is 0.0948. The molecule has 1 aromatic heterocycles. The van der Waals surface area contributed by atoms with E-state index in [2.05, 4.69) is 31.6 Å². The lowest BCUT2D eigenvalue weighted by Gasteiger charge is -2.02. The first-order valence-electron chi connectivity index (χ1n) is 5.77. The topological polar surface area (TPSA) is 68.5 Å². The van der Waals surface area contributed by atoms with Gasteiger partial charge in [0.15, 0.2) is 5.69 Å². The molecule has 0 unspecified atom stereocenters. The number of para-hydroxylation sites is 1. The molecule has 0 aliphatic heterocycles. The van der Waals surface area contributed by atoms with Crippen molar-refractivity contribution in [2.45, 2.75) is 0 Å². The van der Waals surface area contributed by atoms with Gasteiger partial charge >= 0.3 is 0 Å². The molecule has 2 rings (SSSR count). The minimum absolute atomic E-state index is 0.282. The van der Waals surface area contributed by atoms with Gasteiger partial charge in [0.1, 0.15) is 5.75 Å². The van der Waals surface area contributed by atoms with Crippen LogP contribution in [0.4, 0.5) is 0 Å². The summed E-state index contributed by atoms with van der Waals surface area (Å²) >= 11 is 3.26. The molecule has 0 aliphatic carbocycles. The van der Waals surface area contributed by atoms with E-state index in [0.29, 0.717) is 10.2 Å². The summed E-state index contributed by atoms with van der Waals surface area (Å²) < 4.78 is 7.34. The van der Waals surface area contributed by atoms with Crippen LogP contribution in [0.1, 0.15) is 16.1 Å². The third kappa shape index (κ3) is 3.24. The van der Waals surface area contributed by atoms with Crippen LogP contribution in [0, 0.1) is 0 Å². The van der Waals surface area contributed by atoms with Gasteiger partial charge in [-0.1, -0.05) is 12.1 Å². The largest absolute Gasteiger partial charge is 0.496 e. The van der Waals surface area contributed by atoms with Gasteiger partial charge in [-0.05, 0) is 28.1 Å². The lowest BCUT2D eigenvalue weighted by Crippen LogP contribution is -2.19. The lowest BCUT2D eigenvalue weighted by atomic mass is 10.2. The van der Waals surface area contributed by atoms with Gasteiger partial charge in [0.05, 0.1) is 17.8 Å². The molecule has 0 fully saturated rings. The fourth-order valence-corrected chi connectivity index (χ4v) is 2.16. The minimum Gasteiger partial charge on any atom is -0.496 e. The van der Waals surface area contributed by atoms with Crippen molar-refractivity contribution in [3.05, 3.63) is 46.2 Å². The summed E-state index contributed by atoms with van der Waals surface area (Å²) in [5.74, 6) is 0.299. The first-order chi connectivity index (χ1) is 9.61. The van der Waals surface area contributed by atoms with Gasteiger partial charge in [-0.2, -0.15) is 10.2 Å². The van der Waals surface area contributed by atoms with Crippen LogP contribution >= 0.6 is 15.9 Å². The summed E-state index contributed by atoms with van der Waals surface area (Å²) in [6.07, 6.45) is 3.21. The predicted octanol–water partition coefficient (Wildman–Crippen LogP) is 1.96. The number of amides is 1. The van der Waals surface area contributed by atoms with Crippen LogP contribution in [0.15, 0.2) is 40.0 Å². The smallest absolute Gasteiger partial charge is 0.293 e. The van der Waals surface area contributed by atoms with Gasteiger partial charge in [0.2, 0.25) is 0 Å². The quantitative estimate of drug-likeness (QED) is 0.685. The maximum absolute atomic E-state index is 11.9. The Morgan fingerprint density at radius 1 is 1.50 bits per heavy atom. The first-order valence-corrected chi connectivity index (χ1v) is 6.56. The van der Waals surface area contributed by atoms with Gasteiger partial charge in [0, 0.05) is 18.8 Å². The van der Waals surface area contributed by atoms with E-state index in [4.69, 9.17) is 4.74 Å². The molecular weight excluding hydrogens is 324 g/mol. The van der Waals surface area contributed by atoms with Crippen LogP contribution in [-0.2, 0) is 7.05 Å². The maximum atomic E-state index is 11.9. The molecule has 104 valence electrons. The van der Waals surface area contributed by atoms with E-state index in [0.717, 1.165) is 5.56 Å². The van der Waals surface area contributed by atoms with Crippen LogP contribution in [-0.4, -0.2) is 29.0 Å². The zero-order valence-corrected chi connectivity index (χ0v) is 12.6. The molecule has 0 spiro atoms. The predicted molar refractivity (Wildman–Crippen MR) is 79.0 cm³/mol. The Kier molecular flexibility index (Phi) is 4.52. The second-order valence-corrected chi connectivity index (χ2v) is 4.79. The van der Waals surface area contributed by atoms with Crippen molar-refractivity contribution in [3.63, 3.8) is 0 Å². The Bertz CT molecular complexity index is 652. The number of aromatic nitrogens is 2. The normalized spacial score (nSPS) is 10.8. The number of nitrogens with one attached hydrogen (secondary N) is 1. The Morgan fingerprint density at radius 3 is 2.90 bits per heavy atom. The number of halogens is 1. The molecule has 0 bridgehead atoms. The van der Waals surface area contributed by atoms with Crippen molar-refractivity contribution < 1.29 is 9.53 Å². The number of methoxy groups -OCH3 is 1. The van der Waals surface area contributed by atoms with Crippen molar-refractivity contribution in [2.75, 3.05) is 7.11 Å². The molecule has 0 aliphatic rings. The van der Waals surface area contributed by atoms with E-state index >= 15 is 0 Å². The SMILES string of the molecule is COc1ccccc1/C=N\NC(=O)c1nn(C)cc1Br. The van der Waals surface area contributed by atoms with Gasteiger partial charge < -0.3 is 4.74 Å². The maximum Gasteiger partial charge on any atom is 0.293 e. The van der Waals surface area contributed by atoms with Crippen molar-refractivity contribution >= 4 is 28.1 Å². The molecule has 1 aromatic carbocycles. The molecule has 2 aromatic rings. The number of hydrogen-bond acceptors (Lipinski definition) is 4. The number of nitrogens with zero attached hydrogens (tertiary/aromatic N) is 3. The number of carbonyl (C=O) groups is 1. The highest BCUT2D eigenvalue weighted by Crippen LogP contribution is 2.15. The summed E-state index contributed by atoms with van der Waals surface area (Å²) in [4.78, 5) is 11.9. The number of carbonyl (C=O) groups excluding carboxylic acids is 1. The molecule has 0 saturated heterocycles. The van der Waals surface area contributed by atoms with Crippen molar-refractivity contribution in [1.29, 1.82) is 0 Å². The van der Waals surface area contributed by atoms with Crippen molar-refractivity contribution in [2.24, 2.45) is 12.1 Å². The first kappa shape index (κ1) is 14.3. The number of hydrazone groups is 1. The summed E-state index contributed by atoms with van der Waals surface area (Å²) in [6.45, 7) is 0. The molecule has 20 heavy (non-hydrogen) atoms. The highest BCUT2D eigenvalue weighted by molar-refractivity contribution is 9.10. The van der Waals surface area contributed by atoms with E-state index in [-0.39, 0.29) is 11.6 Å². The second-order valence-electron chi connectivity index (χ2n) is 3.94. The van der Waals surface area contributed by atoms with Gasteiger partial charge in [-0.25, -0.2) is 5.43 Å². The monoisotopic (exact) mass is 336 g/mol. The average Bonchev–Trinajstić information content (AvgIpc) is 2.78. The molecule has 6 nitrogen and oxygen atoms in total. The summed E-state index contributed by atoms with van der Waals surface area (Å²) in [5, 5.41) is 7.93.